The fourth-order valence-electron chi connectivity index (χ4n) is 2.09. The topological polar surface area (TPSA) is 38.0 Å². The maximum atomic E-state index is 5.71. The highest BCUT2D eigenvalue weighted by Gasteiger charge is 2.57. The summed E-state index contributed by atoms with van der Waals surface area (Å²) >= 11 is 0. The van der Waals surface area contributed by atoms with E-state index >= 15 is 0 Å². The first-order valence-corrected chi connectivity index (χ1v) is 4.19. The second-order valence-corrected chi connectivity index (χ2v) is 4.08. The first kappa shape index (κ1) is 6.62. The first-order valence-electron chi connectivity index (χ1n) is 4.19. The van der Waals surface area contributed by atoms with Crippen molar-refractivity contribution in [3.8, 4) is 0 Å². The molecule has 1 spiro atoms. The van der Waals surface area contributed by atoms with Gasteiger partial charge < -0.3 is 11.1 Å². The summed E-state index contributed by atoms with van der Waals surface area (Å²) in [6, 6.07) is 0.407. The van der Waals surface area contributed by atoms with Gasteiger partial charge in [-0.25, -0.2) is 0 Å². The Morgan fingerprint density at radius 3 is 2.70 bits per heavy atom. The molecule has 2 fully saturated rings. The van der Waals surface area contributed by atoms with Crippen LogP contribution in [0.25, 0.3) is 0 Å². The van der Waals surface area contributed by atoms with E-state index in [4.69, 9.17) is 5.73 Å². The Bertz CT molecular complexity index is 138. The van der Waals surface area contributed by atoms with E-state index in [1.807, 2.05) is 0 Å². The molecule has 2 atom stereocenters. The second-order valence-electron chi connectivity index (χ2n) is 4.08. The average Bonchev–Trinajstić information content (AvgIpc) is 2.37. The van der Waals surface area contributed by atoms with Gasteiger partial charge in [0.1, 0.15) is 0 Å². The lowest BCUT2D eigenvalue weighted by Gasteiger charge is -2.29. The van der Waals surface area contributed by atoms with Crippen molar-refractivity contribution in [1.82, 2.24) is 5.32 Å². The maximum absolute atomic E-state index is 5.71. The van der Waals surface area contributed by atoms with Gasteiger partial charge in [-0.2, -0.15) is 0 Å². The molecular weight excluding hydrogens is 124 g/mol. The van der Waals surface area contributed by atoms with Gasteiger partial charge in [-0.1, -0.05) is 0 Å². The predicted octanol–water partition coefficient (Wildman–Crippen LogP) is 0.333. The quantitative estimate of drug-likeness (QED) is 0.580. The molecule has 1 saturated carbocycles. The van der Waals surface area contributed by atoms with E-state index in [1.165, 1.54) is 25.9 Å². The van der Waals surface area contributed by atoms with Crippen LogP contribution in [0.1, 0.15) is 19.8 Å². The third kappa shape index (κ3) is 0.867. The van der Waals surface area contributed by atoms with Crippen molar-refractivity contribution in [2.45, 2.75) is 25.8 Å². The summed E-state index contributed by atoms with van der Waals surface area (Å²) in [5, 5.41) is 3.33. The van der Waals surface area contributed by atoms with Crippen LogP contribution in [-0.2, 0) is 0 Å². The van der Waals surface area contributed by atoms with Crippen molar-refractivity contribution in [2.24, 2.45) is 17.1 Å². The van der Waals surface area contributed by atoms with Gasteiger partial charge in [0.25, 0.3) is 0 Å². The van der Waals surface area contributed by atoms with Gasteiger partial charge in [0.2, 0.25) is 0 Å². The largest absolute Gasteiger partial charge is 0.328 e. The highest BCUT2D eigenvalue weighted by molar-refractivity contribution is 5.10. The Labute approximate surface area is 62.2 Å². The number of nitrogens with two attached hydrogens (primary N) is 1. The Balaban J connectivity index is 1.79. The minimum atomic E-state index is 0.407. The summed E-state index contributed by atoms with van der Waals surface area (Å²) in [7, 11) is 0. The Morgan fingerprint density at radius 1 is 1.70 bits per heavy atom. The van der Waals surface area contributed by atoms with Gasteiger partial charge in [-0.05, 0) is 31.1 Å². The van der Waals surface area contributed by atoms with E-state index < -0.39 is 0 Å². The van der Waals surface area contributed by atoms with Gasteiger partial charge in [-0.3, -0.25) is 0 Å². The minimum Gasteiger partial charge on any atom is -0.328 e. The molecule has 58 valence electrons. The lowest BCUT2D eigenvalue weighted by molar-refractivity contribution is 0.283. The molecular formula is C8H16N2. The molecule has 0 aromatic carbocycles. The Kier molecular flexibility index (Phi) is 1.29. The van der Waals surface area contributed by atoms with Crippen LogP contribution in [0.4, 0.5) is 0 Å². The van der Waals surface area contributed by atoms with Crippen molar-refractivity contribution < 1.29 is 0 Å². The Morgan fingerprint density at radius 2 is 2.40 bits per heavy atom. The molecule has 2 rings (SSSR count). The van der Waals surface area contributed by atoms with Gasteiger partial charge >= 0.3 is 0 Å². The van der Waals surface area contributed by atoms with E-state index in [9.17, 15) is 0 Å². The van der Waals surface area contributed by atoms with Crippen molar-refractivity contribution in [2.75, 3.05) is 13.1 Å². The van der Waals surface area contributed by atoms with Gasteiger partial charge in [0.05, 0.1) is 0 Å². The summed E-state index contributed by atoms with van der Waals surface area (Å²) in [6.07, 6.45) is 2.67. The SMILES string of the molecule is CC(N)CC1CC12CNC2. The highest BCUT2D eigenvalue weighted by atomic mass is 15.0. The van der Waals surface area contributed by atoms with Gasteiger partial charge in [-0.15, -0.1) is 0 Å². The summed E-state index contributed by atoms with van der Waals surface area (Å²) in [5.41, 5.74) is 6.44. The molecule has 1 aliphatic heterocycles. The highest BCUT2D eigenvalue weighted by Crippen LogP contribution is 2.57. The third-order valence-electron chi connectivity index (χ3n) is 2.97. The lowest BCUT2D eigenvalue weighted by Crippen LogP contribution is -2.45. The average molecular weight is 140 g/mol. The van der Waals surface area contributed by atoms with Crippen LogP contribution in [0.15, 0.2) is 0 Å². The number of nitrogens with one attached hydrogen (secondary N) is 1. The molecule has 0 bridgehead atoms. The molecule has 1 heterocycles. The summed E-state index contributed by atoms with van der Waals surface area (Å²) < 4.78 is 0. The number of hydrogen-bond donors (Lipinski definition) is 2. The molecule has 2 unspecified atom stereocenters. The van der Waals surface area contributed by atoms with Crippen LogP contribution in [-0.4, -0.2) is 19.1 Å². The van der Waals surface area contributed by atoms with E-state index in [0.29, 0.717) is 6.04 Å². The summed E-state index contributed by atoms with van der Waals surface area (Å²) in [6.45, 7) is 4.62. The van der Waals surface area contributed by atoms with E-state index in [1.54, 1.807) is 0 Å². The summed E-state index contributed by atoms with van der Waals surface area (Å²) in [5.74, 6) is 0.953. The van der Waals surface area contributed by atoms with E-state index in [2.05, 4.69) is 12.2 Å². The van der Waals surface area contributed by atoms with Crippen LogP contribution < -0.4 is 11.1 Å². The van der Waals surface area contributed by atoms with E-state index in [-0.39, 0.29) is 0 Å². The number of rotatable bonds is 2. The lowest BCUT2D eigenvalue weighted by atomic mass is 9.94. The normalized spacial score (nSPS) is 37.2. The minimum absolute atomic E-state index is 0.407. The van der Waals surface area contributed by atoms with Gasteiger partial charge in [0, 0.05) is 19.1 Å². The van der Waals surface area contributed by atoms with Crippen LogP contribution in [0, 0.1) is 11.3 Å². The molecule has 2 heteroatoms. The van der Waals surface area contributed by atoms with Crippen LogP contribution in [0.5, 0.6) is 0 Å². The molecule has 1 aliphatic carbocycles. The molecule has 0 amide bonds. The second kappa shape index (κ2) is 1.95. The molecule has 0 aromatic heterocycles. The molecule has 0 radical (unpaired) electrons. The van der Waals surface area contributed by atoms with Crippen LogP contribution >= 0.6 is 0 Å². The monoisotopic (exact) mass is 140 g/mol. The first-order chi connectivity index (χ1) is 4.73. The predicted molar refractivity (Wildman–Crippen MR) is 41.7 cm³/mol. The third-order valence-corrected chi connectivity index (χ3v) is 2.97. The van der Waals surface area contributed by atoms with Crippen molar-refractivity contribution in [3.05, 3.63) is 0 Å². The number of hydrogen-bond acceptors (Lipinski definition) is 2. The molecule has 3 N–H and O–H groups in total. The fraction of sp³-hybridized carbons (Fsp3) is 1.00. The zero-order valence-corrected chi connectivity index (χ0v) is 6.56. The molecule has 2 aliphatic rings. The van der Waals surface area contributed by atoms with Crippen LogP contribution in [0.3, 0.4) is 0 Å². The zero-order chi connectivity index (χ0) is 7.19. The van der Waals surface area contributed by atoms with Crippen molar-refractivity contribution in [3.63, 3.8) is 0 Å². The molecule has 1 saturated heterocycles. The zero-order valence-electron chi connectivity index (χ0n) is 6.56. The smallest absolute Gasteiger partial charge is 0.00230 e. The maximum Gasteiger partial charge on any atom is 0.00230 e. The van der Waals surface area contributed by atoms with Gasteiger partial charge in [0.15, 0.2) is 0 Å². The molecule has 2 nitrogen and oxygen atoms in total. The fourth-order valence-corrected chi connectivity index (χ4v) is 2.09. The van der Waals surface area contributed by atoms with Crippen LogP contribution in [0.2, 0.25) is 0 Å². The molecule has 0 aromatic rings. The van der Waals surface area contributed by atoms with E-state index in [0.717, 1.165) is 11.3 Å². The van der Waals surface area contributed by atoms with Crippen molar-refractivity contribution in [1.29, 1.82) is 0 Å². The van der Waals surface area contributed by atoms with Crippen molar-refractivity contribution >= 4 is 0 Å². The molecule has 10 heavy (non-hydrogen) atoms. The standard InChI is InChI=1S/C8H16N2/c1-6(9)2-7-3-8(7)4-10-5-8/h6-7,10H,2-5,9H2,1H3. The Hall–Kier alpha value is -0.0800. The summed E-state index contributed by atoms with van der Waals surface area (Å²) in [4.78, 5) is 0.